The fraction of sp³-hybridized carbons (Fsp3) is 0.136. The highest BCUT2D eigenvalue weighted by Crippen LogP contribution is 2.17. The SMILES string of the molecule is O=C(CCN(Cc1ccccc1)c1ccccc1)Nc1ccc(F)cc1. The van der Waals surface area contributed by atoms with Crippen molar-refractivity contribution in [3.8, 4) is 0 Å². The summed E-state index contributed by atoms with van der Waals surface area (Å²) in [7, 11) is 0. The highest BCUT2D eigenvalue weighted by atomic mass is 19.1. The molecule has 0 fully saturated rings. The molecule has 0 saturated heterocycles. The summed E-state index contributed by atoms with van der Waals surface area (Å²) >= 11 is 0. The molecular weight excluding hydrogens is 327 g/mol. The molecule has 0 unspecified atom stereocenters. The number of carbonyl (C=O) groups excluding carboxylic acids is 1. The van der Waals surface area contributed by atoms with Gasteiger partial charge >= 0.3 is 0 Å². The molecule has 26 heavy (non-hydrogen) atoms. The van der Waals surface area contributed by atoms with E-state index in [-0.39, 0.29) is 11.7 Å². The standard InChI is InChI=1S/C22H21FN2O/c23-19-11-13-20(14-12-19)24-22(26)15-16-25(21-9-5-2-6-10-21)17-18-7-3-1-4-8-18/h1-14H,15-17H2,(H,24,26). The first-order valence-electron chi connectivity index (χ1n) is 8.60. The van der Waals surface area contributed by atoms with Gasteiger partial charge in [-0.1, -0.05) is 48.5 Å². The first-order valence-corrected chi connectivity index (χ1v) is 8.60. The molecular formula is C22H21FN2O. The van der Waals surface area contributed by atoms with Crippen molar-refractivity contribution in [2.45, 2.75) is 13.0 Å². The Morgan fingerprint density at radius 3 is 2.12 bits per heavy atom. The highest BCUT2D eigenvalue weighted by molar-refractivity contribution is 5.91. The Hall–Kier alpha value is -3.14. The quantitative estimate of drug-likeness (QED) is 0.661. The lowest BCUT2D eigenvalue weighted by molar-refractivity contribution is -0.116. The van der Waals surface area contributed by atoms with E-state index in [2.05, 4.69) is 22.3 Å². The molecule has 0 aliphatic heterocycles. The Labute approximate surface area is 153 Å². The van der Waals surface area contributed by atoms with E-state index >= 15 is 0 Å². The van der Waals surface area contributed by atoms with Crippen molar-refractivity contribution < 1.29 is 9.18 Å². The number of halogens is 1. The fourth-order valence-corrected chi connectivity index (χ4v) is 2.74. The molecule has 3 nitrogen and oxygen atoms in total. The molecule has 0 bridgehead atoms. The second kappa shape index (κ2) is 8.81. The Kier molecular flexibility index (Phi) is 5.99. The molecule has 0 spiro atoms. The smallest absolute Gasteiger partial charge is 0.226 e. The molecule has 0 saturated carbocycles. The van der Waals surface area contributed by atoms with Gasteiger partial charge in [0, 0.05) is 30.9 Å². The summed E-state index contributed by atoms with van der Waals surface area (Å²) in [5, 5.41) is 2.81. The van der Waals surface area contributed by atoms with Crippen LogP contribution in [0, 0.1) is 5.82 Å². The summed E-state index contributed by atoms with van der Waals surface area (Å²) in [5.74, 6) is -0.410. The Balaban J connectivity index is 1.63. The van der Waals surface area contributed by atoms with Gasteiger partial charge in [0.25, 0.3) is 0 Å². The molecule has 4 heteroatoms. The molecule has 1 amide bonds. The van der Waals surface area contributed by atoms with Gasteiger partial charge in [-0.3, -0.25) is 4.79 Å². The molecule has 132 valence electrons. The van der Waals surface area contributed by atoms with E-state index in [0.29, 0.717) is 18.7 Å². The minimum absolute atomic E-state index is 0.0920. The van der Waals surface area contributed by atoms with Gasteiger partial charge in [-0.25, -0.2) is 4.39 Å². The van der Waals surface area contributed by atoms with Crippen LogP contribution in [0.1, 0.15) is 12.0 Å². The third-order valence-electron chi connectivity index (χ3n) is 4.07. The first kappa shape index (κ1) is 17.7. The molecule has 0 aliphatic rings. The summed E-state index contributed by atoms with van der Waals surface area (Å²) < 4.78 is 13.0. The lowest BCUT2D eigenvalue weighted by atomic mass is 10.2. The molecule has 1 N–H and O–H groups in total. The zero-order valence-corrected chi connectivity index (χ0v) is 14.4. The number of benzene rings is 3. The summed E-state index contributed by atoms with van der Waals surface area (Å²) in [4.78, 5) is 14.4. The maximum atomic E-state index is 13.0. The van der Waals surface area contributed by atoms with Crippen LogP contribution in [0.3, 0.4) is 0 Å². The van der Waals surface area contributed by atoms with Gasteiger partial charge in [-0.2, -0.15) is 0 Å². The average molecular weight is 348 g/mol. The van der Waals surface area contributed by atoms with Crippen LogP contribution in [0.4, 0.5) is 15.8 Å². The number of carbonyl (C=O) groups is 1. The maximum absolute atomic E-state index is 13.0. The molecule has 0 atom stereocenters. The lowest BCUT2D eigenvalue weighted by Gasteiger charge is -2.25. The van der Waals surface area contributed by atoms with Crippen molar-refractivity contribution in [2.24, 2.45) is 0 Å². The van der Waals surface area contributed by atoms with E-state index in [1.807, 2.05) is 48.5 Å². The number of anilines is 2. The Morgan fingerprint density at radius 1 is 0.846 bits per heavy atom. The molecule has 3 aromatic rings. The van der Waals surface area contributed by atoms with Gasteiger partial charge in [0.1, 0.15) is 5.82 Å². The van der Waals surface area contributed by atoms with Gasteiger partial charge in [-0.15, -0.1) is 0 Å². The number of rotatable bonds is 7. The van der Waals surface area contributed by atoms with E-state index in [1.54, 1.807) is 12.1 Å². The van der Waals surface area contributed by atoms with Crippen LogP contribution in [0.2, 0.25) is 0 Å². The molecule has 0 aliphatic carbocycles. The normalized spacial score (nSPS) is 10.3. The Morgan fingerprint density at radius 2 is 1.46 bits per heavy atom. The van der Waals surface area contributed by atoms with E-state index in [9.17, 15) is 9.18 Å². The topological polar surface area (TPSA) is 32.3 Å². The predicted molar refractivity (Wildman–Crippen MR) is 104 cm³/mol. The van der Waals surface area contributed by atoms with Crippen LogP contribution in [-0.4, -0.2) is 12.5 Å². The van der Waals surface area contributed by atoms with Crippen LogP contribution in [0.5, 0.6) is 0 Å². The number of para-hydroxylation sites is 1. The van der Waals surface area contributed by atoms with Crippen LogP contribution < -0.4 is 10.2 Å². The lowest BCUT2D eigenvalue weighted by Crippen LogP contribution is -2.27. The molecule has 3 rings (SSSR count). The van der Waals surface area contributed by atoms with Gasteiger partial charge in [0.05, 0.1) is 0 Å². The van der Waals surface area contributed by atoms with Crippen molar-refractivity contribution >= 4 is 17.3 Å². The number of nitrogens with zero attached hydrogens (tertiary/aromatic N) is 1. The van der Waals surface area contributed by atoms with Crippen molar-refractivity contribution in [3.63, 3.8) is 0 Å². The molecule has 0 aromatic heterocycles. The molecule has 3 aromatic carbocycles. The van der Waals surface area contributed by atoms with Crippen LogP contribution in [0.25, 0.3) is 0 Å². The van der Waals surface area contributed by atoms with E-state index in [4.69, 9.17) is 0 Å². The molecule has 0 radical (unpaired) electrons. The minimum atomic E-state index is -0.318. The largest absolute Gasteiger partial charge is 0.367 e. The number of hydrogen-bond donors (Lipinski definition) is 1. The Bertz CT molecular complexity index is 820. The highest BCUT2D eigenvalue weighted by Gasteiger charge is 2.10. The fourth-order valence-electron chi connectivity index (χ4n) is 2.74. The summed E-state index contributed by atoms with van der Waals surface area (Å²) in [6, 6.07) is 26.0. The third-order valence-corrected chi connectivity index (χ3v) is 4.07. The van der Waals surface area contributed by atoms with E-state index in [1.165, 1.54) is 17.7 Å². The second-order valence-electron chi connectivity index (χ2n) is 6.05. The monoisotopic (exact) mass is 348 g/mol. The number of nitrogens with one attached hydrogen (secondary N) is 1. The van der Waals surface area contributed by atoms with Crippen LogP contribution in [-0.2, 0) is 11.3 Å². The van der Waals surface area contributed by atoms with E-state index in [0.717, 1.165) is 12.2 Å². The van der Waals surface area contributed by atoms with Crippen molar-refractivity contribution in [2.75, 3.05) is 16.8 Å². The third kappa shape index (κ3) is 5.18. The average Bonchev–Trinajstić information content (AvgIpc) is 2.68. The zero-order valence-electron chi connectivity index (χ0n) is 14.4. The zero-order chi connectivity index (χ0) is 18.2. The second-order valence-corrected chi connectivity index (χ2v) is 6.05. The van der Waals surface area contributed by atoms with Gasteiger partial charge in [0.2, 0.25) is 5.91 Å². The van der Waals surface area contributed by atoms with Crippen LogP contribution in [0.15, 0.2) is 84.9 Å². The summed E-state index contributed by atoms with van der Waals surface area (Å²) in [6.07, 6.45) is 0.346. The van der Waals surface area contributed by atoms with Gasteiger partial charge in [0.15, 0.2) is 0 Å². The van der Waals surface area contributed by atoms with E-state index < -0.39 is 0 Å². The maximum Gasteiger partial charge on any atom is 0.226 e. The number of hydrogen-bond acceptors (Lipinski definition) is 2. The summed E-state index contributed by atoms with van der Waals surface area (Å²) in [5.41, 5.74) is 2.87. The van der Waals surface area contributed by atoms with Gasteiger partial charge < -0.3 is 10.2 Å². The van der Waals surface area contributed by atoms with Crippen molar-refractivity contribution in [1.29, 1.82) is 0 Å². The molecule has 0 heterocycles. The predicted octanol–water partition coefficient (Wildman–Crippen LogP) is 4.86. The van der Waals surface area contributed by atoms with Crippen LogP contribution >= 0.6 is 0 Å². The number of amides is 1. The van der Waals surface area contributed by atoms with Gasteiger partial charge in [-0.05, 0) is 42.0 Å². The summed E-state index contributed by atoms with van der Waals surface area (Å²) in [6.45, 7) is 1.32. The first-order chi connectivity index (χ1) is 12.7. The van der Waals surface area contributed by atoms with Crippen molar-refractivity contribution in [1.82, 2.24) is 0 Å². The minimum Gasteiger partial charge on any atom is -0.367 e. The van der Waals surface area contributed by atoms with Crippen molar-refractivity contribution in [3.05, 3.63) is 96.3 Å².